The lowest BCUT2D eigenvalue weighted by Crippen LogP contribution is -2.30. The van der Waals surface area contributed by atoms with Crippen molar-refractivity contribution in [2.45, 2.75) is 271 Å². The van der Waals surface area contributed by atoms with Gasteiger partial charge in [-0.25, -0.2) is 0 Å². The van der Waals surface area contributed by atoms with Gasteiger partial charge >= 0.3 is 17.9 Å². The molecule has 0 aliphatic rings. The fraction of sp³-hybridized carbons (Fsp3) is 0.620. The van der Waals surface area contributed by atoms with Crippen LogP contribution in [0.4, 0.5) is 0 Å². The molecule has 0 N–H and O–H groups in total. The Bertz CT molecular complexity index is 1700. The Kier molecular flexibility index (Phi) is 59.9. The number of ether oxygens (including phenoxy) is 3. The summed E-state index contributed by atoms with van der Waals surface area (Å²) in [5, 5.41) is 0. The second-order valence-electron chi connectivity index (χ2n) is 20.2. The summed E-state index contributed by atoms with van der Waals surface area (Å²) in [6.07, 6.45) is 91.5. The van der Waals surface area contributed by atoms with Gasteiger partial charge in [-0.15, -0.1) is 0 Å². The van der Waals surface area contributed by atoms with E-state index in [-0.39, 0.29) is 37.5 Å². The van der Waals surface area contributed by atoms with Crippen LogP contribution in [0.2, 0.25) is 0 Å². The van der Waals surface area contributed by atoms with Crippen LogP contribution >= 0.6 is 0 Å². The molecule has 0 amide bonds. The van der Waals surface area contributed by atoms with Gasteiger partial charge < -0.3 is 14.2 Å². The molecule has 6 nitrogen and oxygen atoms in total. The first-order valence-corrected chi connectivity index (χ1v) is 31.3. The summed E-state index contributed by atoms with van der Waals surface area (Å²) in [6.45, 7) is 6.32. The zero-order chi connectivity index (χ0) is 55.7. The first kappa shape index (κ1) is 72.3. The van der Waals surface area contributed by atoms with E-state index in [1.54, 1.807) is 0 Å². The molecule has 77 heavy (non-hydrogen) atoms. The second kappa shape index (κ2) is 63.8. The Morgan fingerprint density at radius 3 is 0.883 bits per heavy atom. The fourth-order valence-electron chi connectivity index (χ4n) is 8.20. The molecular formula is C71H114O6. The van der Waals surface area contributed by atoms with E-state index in [9.17, 15) is 14.4 Å². The normalized spacial score (nSPS) is 13.1. The summed E-state index contributed by atoms with van der Waals surface area (Å²) < 4.78 is 16.8. The molecule has 0 rings (SSSR count). The third-order valence-electron chi connectivity index (χ3n) is 12.8. The minimum absolute atomic E-state index is 0.116. The highest BCUT2D eigenvalue weighted by atomic mass is 16.6. The molecule has 0 bridgehead atoms. The molecule has 0 saturated heterocycles. The van der Waals surface area contributed by atoms with Gasteiger partial charge in [0.15, 0.2) is 6.10 Å². The summed E-state index contributed by atoms with van der Waals surface area (Å²) in [5.41, 5.74) is 0. The van der Waals surface area contributed by atoms with Crippen LogP contribution in [0.5, 0.6) is 0 Å². The van der Waals surface area contributed by atoms with Crippen molar-refractivity contribution in [2.24, 2.45) is 0 Å². The van der Waals surface area contributed by atoms with Crippen molar-refractivity contribution in [3.05, 3.63) is 146 Å². The molecule has 0 aromatic heterocycles. The second-order valence-corrected chi connectivity index (χ2v) is 20.2. The highest BCUT2D eigenvalue weighted by Gasteiger charge is 2.19. The highest BCUT2D eigenvalue weighted by Crippen LogP contribution is 2.14. The Balaban J connectivity index is 4.44. The molecule has 0 aromatic carbocycles. The van der Waals surface area contributed by atoms with Crippen molar-refractivity contribution in [1.29, 1.82) is 0 Å². The summed E-state index contributed by atoms with van der Waals surface area (Å²) in [6, 6.07) is 0. The van der Waals surface area contributed by atoms with E-state index < -0.39 is 6.10 Å². The van der Waals surface area contributed by atoms with Gasteiger partial charge in [-0.2, -0.15) is 0 Å². The summed E-state index contributed by atoms with van der Waals surface area (Å²) in [4.78, 5) is 38.2. The summed E-state index contributed by atoms with van der Waals surface area (Å²) in [7, 11) is 0. The number of rotatable bonds is 55. The van der Waals surface area contributed by atoms with E-state index in [1.807, 2.05) is 12.2 Å². The van der Waals surface area contributed by atoms with E-state index in [0.717, 1.165) is 128 Å². The first-order chi connectivity index (χ1) is 38.0. The van der Waals surface area contributed by atoms with Crippen molar-refractivity contribution in [3.8, 4) is 0 Å². The maximum absolute atomic E-state index is 12.9. The Hall–Kier alpha value is -4.71. The number of esters is 3. The molecule has 0 heterocycles. The van der Waals surface area contributed by atoms with Crippen LogP contribution in [0.1, 0.15) is 265 Å². The molecule has 0 spiro atoms. The molecule has 0 fully saturated rings. The third-order valence-corrected chi connectivity index (χ3v) is 12.8. The zero-order valence-corrected chi connectivity index (χ0v) is 49.7. The van der Waals surface area contributed by atoms with Crippen molar-refractivity contribution < 1.29 is 28.6 Å². The lowest BCUT2D eigenvalue weighted by Gasteiger charge is -2.18. The summed E-state index contributed by atoms with van der Waals surface area (Å²) in [5.74, 6) is -1.02. The van der Waals surface area contributed by atoms with Gasteiger partial charge in [-0.1, -0.05) is 263 Å². The molecule has 1 atom stereocenters. The number of carbonyl (C=O) groups excluding carboxylic acids is 3. The van der Waals surface area contributed by atoms with Crippen molar-refractivity contribution in [3.63, 3.8) is 0 Å². The molecule has 0 radical (unpaired) electrons. The maximum atomic E-state index is 12.9. The van der Waals surface area contributed by atoms with E-state index in [4.69, 9.17) is 14.2 Å². The number of unbranched alkanes of at least 4 members (excludes halogenated alkanes) is 20. The van der Waals surface area contributed by atoms with Crippen LogP contribution in [0.25, 0.3) is 0 Å². The minimum atomic E-state index is -0.823. The van der Waals surface area contributed by atoms with Gasteiger partial charge in [0.2, 0.25) is 0 Å². The summed E-state index contributed by atoms with van der Waals surface area (Å²) >= 11 is 0. The number of hydrogen-bond acceptors (Lipinski definition) is 6. The standard InChI is InChI=1S/C71H114O6/c1-4-7-10-13-16-19-22-25-27-29-31-32-33-34-35-36-37-38-40-41-43-46-49-52-55-58-61-64-70(73)76-67-68(66-75-69(72)63-60-57-54-51-48-45-24-21-18-15-12-9-6-3)77-71(74)65-62-59-56-53-50-47-44-42-39-30-28-26-23-20-17-14-11-8-5-2/h7,9-10,12,16,18-19,21,25-28,31-32,34-35,37-38,41,43,45,48,54,57,68H,4-6,8,11,13-15,17,20,22-24,29-30,33,36,39-40,42,44,46-47,49-53,55-56,58-67H2,1-3H3/b10-7-,12-9-,19-16-,21-18-,27-25-,28-26-,32-31-,35-34-,38-37-,43-41-,48-45-,57-54-. The average Bonchev–Trinajstić information content (AvgIpc) is 3.43. The van der Waals surface area contributed by atoms with E-state index in [2.05, 4.69) is 154 Å². The SMILES string of the molecule is CC/C=C\C/C=C\C/C=C\C/C=C\C/C=C\C/C=C\C/C=C\CCCCCCCC(=O)OCC(COC(=O)CC/C=C\C/C=C\C/C=C\C/C=C\CC)OC(=O)CCCCCCCCCCC/C=C\CCCCCCCC. The van der Waals surface area contributed by atoms with Gasteiger partial charge in [0.05, 0.1) is 0 Å². The first-order valence-electron chi connectivity index (χ1n) is 31.3. The minimum Gasteiger partial charge on any atom is -0.462 e. The van der Waals surface area contributed by atoms with Gasteiger partial charge in [-0.05, 0) is 128 Å². The predicted octanol–water partition coefficient (Wildman–Crippen LogP) is 21.5. The topological polar surface area (TPSA) is 78.9 Å². The Morgan fingerprint density at radius 1 is 0.273 bits per heavy atom. The molecule has 0 aromatic rings. The van der Waals surface area contributed by atoms with Crippen molar-refractivity contribution in [2.75, 3.05) is 13.2 Å². The maximum Gasteiger partial charge on any atom is 0.306 e. The van der Waals surface area contributed by atoms with Crippen molar-refractivity contribution >= 4 is 17.9 Å². The van der Waals surface area contributed by atoms with Crippen LogP contribution in [0.3, 0.4) is 0 Å². The molecule has 6 heteroatoms. The van der Waals surface area contributed by atoms with E-state index in [1.165, 1.54) is 89.9 Å². The van der Waals surface area contributed by atoms with Crippen molar-refractivity contribution in [1.82, 2.24) is 0 Å². The lowest BCUT2D eigenvalue weighted by atomic mass is 10.1. The largest absolute Gasteiger partial charge is 0.462 e. The molecule has 434 valence electrons. The quantitative estimate of drug-likeness (QED) is 0.0261. The van der Waals surface area contributed by atoms with Crippen LogP contribution < -0.4 is 0 Å². The molecule has 0 aliphatic carbocycles. The predicted molar refractivity (Wildman–Crippen MR) is 334 cm³/mol. The Labute approximate surface area is 474 Å². The molecular weight excluding hydrogens is 949 g/mol. The van der Waals surface area contributed by atoms with Crippen LogP contribution in [0, 0.1) is 0 Å². The smallest absolute Gasteiger partial charge is 0.306 e. The van der Waals surface area contributed by atoms with Gasteiger partial charge in [0, 0.05) is 19.3 Å². The highest BCUT2D eigenvalue weighted by molar-refractivity contribution is 5.71. The van der Waals surface area contributed by atoms with Crippen LogP contribution in [-0.4, -0.2) is 37.2 Å². The molecule has 0 saturated carbocycles. The third kappa shape index (κ3) is 62.0. The molecule has 1 unspecified atom stereocenters. The van der Waals surface area contributed by atoms with Crippen LogP contribution in [0.15, 0.2) is 146 Å². The van der Waals surface area contributed by atoms with Gasteiger partial charge in [-0.3, -0.25) is 14.4 Å². The van der Waals surface area contributed by atoms with Gasteiger partial charge in [0.1, 0.15) is 13.2 Å². The average molecular weight is 1060 g/mol. The number of allylic oxidation sites excluding steroid dienone is 24. The number of carbonyl (C=O) groups is 3. The number of hydrogen-bond donors (Lipinski definition) is 0. The Morgan fingerprint density at radius 2 is 0.532 bits per heavy atom. The molecule has 0 aliphatic heterocycles. The van der Waals surface area contributed by atoms with E-state index >= 15 is 0 Å². The lowest BCUT2D eigenvalue weighted by molar-refractivity contribution is -0.166. The van der Waals surface area contributed by atoms with Gasteiger partial charge in [0.25, 0.3) is 0 Å². The fourth-order valence-corrected chi connectivity index (χ4v) is 8.20. The monoisotopic (exact) mass is 1060 g/mol. The van der Waals surface area contributed by atoms with Crippen LogP contribution in [-0.2, 0) is 28.6 Å². The zero-order valence-electron chi connectivity index (χ0n) is 49.7. The van der Waals surface area contributed by atoms with E-state index in [0.29, 0.717) is 19.3 Å².